The molecule has 6 heteroatoms. The lowest BCUT2D eigenvalue weighted by Crippen LogP contribution is -2.52. The number of hydrogen-bond donors (Lipinski definition) is 0. The van der Waals surface area contributed by atoms with Crippen molar-refractivity contribution in [2.24, 2.45) is 0 Å². The summed E-state index contributed by atoms with van der Waals surface area (Å²) in [5.41, 5.74) is 1.27. The number of nitrogens with zero attached hydrogens (tertiary/aromatic N) is 1. The molecular formula is C15H18ClNO4. The van der Waals surface area contributed by atoms with Gasteiger partial charge < -0.3 is 18.9 Å². The van der Waals surface area contributed by atoms with Crippen molar-refractivity contribution < 1.29 is 18.9 Å². The fourth-order valence-corrected chi connectivity index (χ4v) is 3.39. The SMILES string of the molecule is CC1(Oc2cc(Cl)nc3c2CCOC32CCOC2)COC1. The summed E-state index contributed by atoms with van der Waals surface area (Å²) in [4.78, 5) is 4.53. The van der Waals surface area contributed by atoms with Crippen molar-refractivity contribution in [1.29, 1.82) is 0 Å². The summed E-state index contributed by atoms with van der Waals surface area (Å²) in [5.74, 6) is 0.811. The molecule has 0 aliphatic carbocycles. The minimum atomic E-state index is -0.451. The third-order valence-corrected chi connectivity index (χ3v) is 4.56. The van der Waals surface area contributed by atoms with Crippen LogP contribution in [0.3, 0.4) is 0 Å². The zero-order valence-corrected chi connectivity index (χ0v) is 12.7. The highest BCUT2D eigenvalue weighted by Gasteiger charge is 2.45. The van der Waals surface area contributed by atoms with Gasteiger partial charge in [-0.3, -0.25) is 0 Å². The third kappa shape index (κ3) is 2.23. The Morgan fingerprint density at radius 2 is 2.10 bits per heavy atom. The first-order valence-corrected chi connectivity index (χ1v) is 7.67. The first kappa shape index (κ1) is 13.8. The molecule has 3 aliphatic heterocycles. The van der Waals surface area contributed by atoms with Gasteiger partial charge in [-0.15, -0.1) is 0 Å². The average molecular weight is 312 g/mol. The minimum Gasteiger partial charge on any atom is -0.482 e. The fourth-order valence-electron chi connectivity index (χ4n) is 3.21. The van der Waals surface area contributed by atoms with Crippen molar-refractivity contribution in [2.75, 3.05) is 33.0 Å². The van der Waals surface area contributed by atoms with Gasteiger partial charge in [0.25, 0.3) is 0 Å². The number of hydrogen-bond acceptors (Lipinski definition) is 5. The van der Waals surface area contributed by atoms with E-state index in [0.717, 1.165) is 29.8 Å². The maximum atomic E-state index is 6.21. The number of pyridine rings is 1. The largest absolute Gasteiger partial charge is 0.482 e. The predicted molar refractivity (Wildman–Crippen MR) is 75.9 cm³/mol. The molecule has 2 saturated heterocycles. The summed E-state index contributed by atoms with van der Waals surface area (Å²) >= 11 is 6.21. The highest BCUT2D eigenvalue weighted by Crippen LogP contribution is 2.43. The van der Waals surface area contributed by atoms with E-state index in [2.05, 4.69) is 4.98 Å². The van der Waals surface area contributed by atoms with Gasteiger partial charge in [-0.2, -0.15) is 0 Å². The summed E-state index contributed by atoms with van der Waals surface area (Å²) in [6.45, 7) is 5.13. The zero-order valence-electron chi connectivity index (χ0n) is 12.0. The molecule has 0 amide bonds. The number of ether oxygens (including phenoxy) is 4. The molecule has 3 aliphatic rings. The Bertz CT molecular complexity index is 567. The molecule has 0 N–H and O–H groups in total. The van der Waals surface area contributed by atoms with Crippen molar-refractivity contribution in [2.45, 2.75) is 31.0 Å². The number of rotatable bonds is 2. The first-order chi connectivity index (χ1) is 10.1. The average Bonchev–Trinajstić information content (AvgIpc) is 2.88. The van der Waals surface area contributed by atoms with E-state index in [1.165, 1.54) is 0 Å². The van der Waals surface area contributed by atoms with Crippen LogP contribution < -0.4 is 4.74 Å². The molecule has 0 saturated carbocycles. The third-order valence-electron chi connectivity index (χ3n) is 4.37. The van der Waals surface area contributed by atoms with E-state index < -0.39 is 5.60 Å². The second kappa shape index (κ2) is 4.81. The number of fused-ring (bicyclic) bond motifs is 2. The standard InChI is InChI=1S/C15H18ClNO4/c1-14(7-19-8-14)21-11-6-12(16)17-13-10(11)2-4-20-15(13)3-5-18-9-15/h6H,2-5,7-9H2,1H3. The van der Waals surface area contributed by atoms with Crippen molar-refractivity contribution >= 4 is 11.6 Å². The van der Waals surface area contributed by atoms with Gasteiger partial charge in [-0.25, -0.2) is 4.98 Å². The van der Waals surface area contributed by atoms with Crippen LogP contribution in [0.25, 0.3) is 0 Å². The van der Waals surface area contributed by atoms with Gasteiger partial charge in [0.15, 0.2) is 5.60 Å². The molecule has 1 aromatic rings. The molecule has 4 rings (SSSR count). The van der Waals surface area contributed by atoms with Gasteiger partial charge in [0.1, 0.15) is 16.5 Å². The topological polar surface area (TPSA) is 49.8 Å². The minimum absolute atomic E-state index is 0.268. The van der Waals surface area contributed by atoms with E-state index in [-0.39, 0.29) is 5.60 Å². The molecule has 2 fully saturated rings. The quantitative estimate of drug-likeness (QED) is 0.783. The fraction of sp³-hybridized carbons (Fsp3) is 0.667. The van der Waals surface area contributed by atoms with E-state index in [1.54, 1.807) is 6.07 Å². The van der Waals surface area contributed by atoms with E-state index in [1.807, 2.05) is 6.92 Å². The van der Waals surface area contributed by atoms with E-state index in [4.69, 9.17) is 30.5 Å². The van der Waals surface area contributed by atoms with Crippen LogP contribution in [0.1, 0.15) is 24.6 Å². The van der Waals surface area contributed by atoms with Gasteiger partial charge >= 0.3 is 0 Å². The Kier molecular flexibility index (Phi) is 3.15. The Morgan fingerprint density at radius 1 is 1.24 bits per heavy atom. The second-order valence-electron chi connectivity index (χ2n) is 6.21. The summed E-state index contributed by atoms with van der Waals surface area (Å²) in [6, 6.07) is 1.80. The van der Waals surface area contributed by atoms with Crippen molar-refractivity contribution in [3.05, 3.63) is 22.5 Å². The highest BCUT2D eigenvalue weighted by atomic mass is 35.5. The first-order valence-electron chi connectivity index (χ1n) is 7.29. The molecule has 1 unspecified atom stereocenters. The Morgan fingerprint density at radius 3 is 2.76 bits per heavy atom. The Balaban J connectivity index is 1.77. The molecule has 0 aromatic carbocycles. The van der Waals surface area contributed by atoms with Crippen molar-refractivity contribution in [3.8, 4) is 5.75 Å². The molecule has 1 spiro atoms. The Labute approximate surface area is 128 Å². The van der Waals surface area contributed by atoms with Crippen molar-refractivity contribution in [3.63, 3.8) is 0 Å². The van der Waals surface area contributed by atoms with Gasteiger partial charge in [0.2, 0.25) is 0 Å². The lowest BCUT2D eigenvalue weighted by molar-refractivity contribution is -0.150. The van der Waals surface area contributed by atoms with E-state index >= 15 is 0 Å². The second-order valence-corrected chi connectivity index (χ2v) is 6.60. The number of aromatic nitrogens is 1. The molecule has 5 nitrogen and oxygen atoms in total. The molecule has 21 heavy (non-hydrogen) atoms. The number of halogens is 1. The monoisotopic (exact) mass is 311 g/mol. The summed E-state index contributed by atoms with van der Waals surface area (Å²) < 4.78 is 23.0. The maximum absolute atomic E-state index is 6.21. The molecule has 4 heterocycles. The van der Waals surface area contributed by atoms with Gasteiger partial charge in [-0.05, 0) is 6.92 Å². The molecular weight excluding hydrogens is 294 g/mol. The van der Waals surface area contributed by atoms with Crippen LogP contribution >= 0.6 is 11.6 Å². The Hall–Kier alpha value is -0.880. The lowest BCUT2D eigenvalue weighted by Gasteiger charge is -2.40. The van der Waals surface area contributed by atoms with Crippen LogP contribution in [0, 0.1) is 0 Å². The molecule has 1 aromatic heterocycles. The van der Waals surface area contributed by atoms with Crippen molar-refractivity contribution in [1.82, 2.24) is 4.98 Å². The van der Waals surface area contributed by atoms with Crippen LogP contribution in [-0.4, -0.2) is 43.6 Å². The van der Waals surface area contributed by atoms with Crippen LogP contribution in [0.15, 0.2) is 6.07 Å². The summed E-state index contributed by atoms with van der Waals surface area (Å²) in [6.07, 6.45) is 1.60. The molecule has 114 valence electrons. The summed E-state index contributed by atoms with van der Waals surface area (Å²) in [7, 11) is 0. The van der Waals surface area contributed by atoms with Gasteiger partial charge in [0, 0.05) is 31.1 Å². The zero-order chi connectivity index (χ0) is 14.5. The molecule has 0 bridgehead atoms. The summed E-state index contributed by atoms with van der Waals surface area (Å²) in [5, 5.41) is 0.435. The predicted octanol–water partition coefficient (Wildman–Crippen LogP) is 2.09. The normalized spacial score (nSPS) is 30.0. The lowest BCUT2D eigenvalue weighted by atomic mass is 9.89. The molecule has 1 atom stereocenters. The van der Waals surface area contributed by atoms with E-state index in [9.17, 15) is 0 Å². The highest BCUT2D eigenvalue weighted by molar-refractivity contribution is 6.29. The van der Waals surface area contributed by atoms with Gasteiger partial charge in [-0.1, -0.05) is 11.6 Å². The van der Waals surface area contributed by atoms with E-state index in [0.29, 0.717) is 38.2 Å². The van der Waals surface area contributed by atoms with Crippen LogP contribution in [-0.2, 0) is 26.2 Å². The van der Waals surface area contributed by atoms with Crippen LogP contribution in [0.2, 0.25) is 5.15 Å². The van der Waals surface area contributed by atoms with Crippen LogP contribution in [0.4, 0.5) is 0 Å². The van der Waals surface area contributed by atoms with Gasteiger partial charge in [0.05, 0.1) is 32.1 Å². The molecule has 0 radical (unpaired) electrons. The van der Waals surface area contributed by atoms with Crippen LogP contribution in [0.5, 0.6) is 5.75 Å². The maximum Gasteiger partial charge on any atom is 0.152 e. The smallest absolute Gasteiger partial charge is 0.152 e.